The average Bonchev–Trinajstić information content (AvgIpc) is 3.96. The molecule has 8 aromatic carbocycles. The van der Waals surface area contributed by atoms with Gasteiger partial charge in [-0.2, -0.15) is 0 Å². The molecule has 0 aliphatic rings. The predicted molar refractivity (Wildman–Crippen MR) is 225 cm³/mol. The molecular weight excluding hydrogens is 681 g/mol. The largest absolute Gasteiger partial charge is 0.455 e. The molecule has 3 heterocycles. The molecule has 0 aliphatic heterocycles. The van der Waals surface area contributed by atoms with E-state index in [0.717, 1.165) is 82.3 Å². The number of furan rings is 1. The predicted octanol–water partition coefficient (Wildman–Crippen LogP) is 14.6. The quantitative estimate of drug-likeness (QED) is 0.172. The Kier molecular flexibility index (Phi) is 7.00. The minimum atomic E-state index is 0.613. The Balaban J connectivity index is 1.12. The summed E-state index contributed by atoms with van der Waals surface area (Å²) in [6, 6.07) is 63.7. The van der Waals surface area contributed by atoms with Gasteiger partial charge in [-0.15, -0.1) is 11.3 Å². The van der Waals surface area contributed by atoms with Crippen LogP contribution in [0, 0.1) is 0 Å². The molecule has 0 radical (unpaired) electrons. The standard InChI is InChI=1S/C49H30N2O2S/c1-3-12-31(13-4-1)32-22-26-35(27-23-32)51(36-28-24-33(25-29-36)37-18-11-19-39-38-16-7-9-20-43(38)52-46(37)39)42-30-41-47(53-49(50-41)34-14-5-2-6-15-34)45-40-17-8-10-21-44(40)54-48(42)45/h1-30H. The lowest BCUT2D eigenvalue weighted by Gasteiger charge is -2.26. The summed E-state index contributed by atoms with van der Waals surface area (Å²) in [6.45, 7) is 0. The number of rotatable bonds is 6. The van der Waals surface area contributed by atoms with Gasteiger partial charge in [0.25, 0.3) is 0 Å². The van der Waals surface area contributed by atoms with E-state index in [1.807, 2.05) is 42.5 Å². The van der Waals surface area contributed by atoms with Crippen molar-refractivity contribution in [3.05, 3.63) is 182 Å². The van der Waals surface area contributed by atoms with Gasteiger partial charge in [-0.05, 0) is 71.3 Å². The Hall–Kier alpha value is -6.95. The van der Waals surface area contributed by atoms with Gasteiger partial charge in [0.2, 0.25) is 5.89 Å². The fraction of sp³-hybridized carbons (Fsp3) is 0. The fourth-order valence-corrected chi connectivity index (χ4v) is 8.96. The number of thiophene rings is 1. The Bertz CT molecular complexity index is 3140. The highest BCUT2D eigenvalue weighted by Crippen LogP contribution is 2.49. The van der Waals surface area contributed by atoms with Crippen LogP contribution >= 0.6 is 11.3 Å². The van der Waals surface area contributed by atoms with E-state index in [2.05, 4.69) is 144 Å². The van der Waals surface area contributed by atoms with E-state index in [0.29, 0.717) is 5.89 Å². The molecule has 5 heteroatoms. The number of oxazole rings is 1. The lowest BCUT2D eigenvalue weighted by molar-refractivity contribution is 0.623. The molecule has 0 amide bonds. The maximum absolute atomic E-state index is 6.63. The van der Waals surface area contributed by atoms with Crippen LogP contribution < -0.4 is 4.90 Å². The Labute approximate surface area is 314 Å². The van der Waals surface area contributed by atoms with Crippen molar-refractivity contribution < 1.29 is 8.83 Å². The van der Waals surface area contributed by atoms with Crippen LogP contribution in [0.1, 0.15) is 0 Å². The van der Waals surface area contributed by atoms with Crippen LogP contribution in [0.5, 0.6) is 0 Å². The van der Waals surface area contributed by atoms with Crippen LogP contribution in [0.15, 0.2) is 191 Å². The summed E-state index contributed by atoms with van der Waals surface area (Å²) in [5.41, 5.74) is 12.0. The SMILES string of the molecule is c1ccc(-c2ccc(N(c3ccc(-c4cccc5c4oc4ccccc45)cc3)c3cc4nc(-c5ccccc5)oc4c4c3sc3ccccc34)cc2)cc1. The third-order valence-corrected chi connectivity index (χ3v) is 11.5. The second-order valence-corrected chi connectivity index (χ2v) is 14.6. The molecule has 0 N–H and O–H groups in total. The normalized spacial score (nSPS) is 11.7. The van der Waals surface area contributed by atoms with Gasteiger partial charge in [0.05, 0.1) is 10.4 Å². The van der Waals surface area contributed by atoms with Gasteiger partial charge >= 0.3 is 0 Å². The molecule has 0 aliphatic carbocycles. The van der Waals surface area contributed by atoms with Crippen molar-refractivity contribution >= 4 is 81.6 Å². The lowest BCUT2D eigenvalue weighted by Crippen LogP contribution is -2.10. The molecular formula is C49H30N2O2S. The monoisotopic (exact) mass is 710 g/mol. The number of nitrogens with zero attached hydrogens (tertiary/aromatic N) is 2. The second kappa shape index (κ2) is 12.3. The molecule has 0 atom stereocenters. The summed E-state index contributed by atoms with van der Waals surface area (Å²) in [4.78, 5) is 7.46. The number of para-hydroxylation sites is 2. The van der Waals surface area contributed by atoms with Crippen LogP contribution in [-0.4, -0.2) is 4.98 Å². The minimum absolute atomic E-state index is 0.613. The first kappa shape index (κ1) is 30.7. The maximum atomic E-state index is 6.63. The van der Waals surface area contributed by atoms with E-state index in [4.69, 9.17) is 13.8 Å². The number of fused-ring (bicyclic) bond motifs is 8. The third kappa shape index (κ3) is 4.94. The first-order chi connectivity index (χ1) is 26.8. The molecule has 11 rings (SSSR count). The Morgan fingerprint density at radius 2 is 1.07 bits per heavy atom. The van der Waals surface area contributed by atoms with Gasteiger partial charge in [-0.1, -0.05) is 127 Å². The van der Waals surface area contributed by atoms with Crippen LogP contribution in [0.3, 0.4) is 0 Å². The number of aromatic nitrogens is 1. The van der Waals surface area contributed by atoms with Crippen molar-refractivity contribution in [3.63, 3.8) is 0 Å². The molecule has 3 aromatic heterocycles. The zero-order valence-corrected chi connectivity index (χ0v) is 29.8. The van der Waals surface area contributed by atoms with Crippen molar-refractivity contribution in [2.24, 2.45) is 0 Å². The Morgan fingerprint density at radius 1 is 0.463 bits per heavy atom. The van der Waals surface area contributed by atoms with E-state index in [1.165, 1.54) is 15.8 Å². The molecule has 54 heavy (non-hydrogen) atoms. The topological polar surface area (TPSA) is 42.4 Å². The maximum Gasteiger partial charge on any atom is 0.227 e. The highest BCUT2D eigenvalue weighted by Gasteiger charge is 2.24. The lowest BCUT2D eigenvalue weighted by atomic mass is 10.0. The van der Waals surface area contributed by atoms with E-state index in [1.54, 1.807) is 11.3 Å². The van der Waals surface area contributed by atoms with Gasteiger partial charge in [-0.3, -0.25) is 0 Å². The summed E-state index contributed by atoms with van der Waals surface area (Å²) in [5.74, 6) is 0.613. The third-order valence-electron chi connectivity index (χ3n) is 10.3. The summed E-state index contributed by atoms with van der Waals surface area (Å²) in [5, 5.41) is 4.49. The first-order valence-corrected chi connectivity index (χ1v) is 18.8. The second-order valence-electron chi connectivity index (χ2n) is 13.5. The number of hydrogen-bond acceptors (Lipinski definition) is 5. The van der Waals surface area contributed by atoms with Gasteiger partial charge < -0.3 is 13.7 Å². The molecule has 0 fully saturated rings. The molecule has 0 bridgehead atoms. The summed E-state index contributed by atoms with van der Waals surface area (Å²) >= 11 is 1.79. The molecule has 0 unspecified atom stereocenters. The summed E-state index contributed by atoms with van der Waals surface area (Å²) in [7, 11) is 0. The number of benzene rings is 8. The van der Waals surface area contributed by atoms with E-state index < -0.39 is 0 Å². The zero-order valence-electron chi connectivity index (χ0n) is 28.9. The van der Waals surface area contributed by atoms with Crippen molar-refractivity contribution in [1.82, 2.24) is 4.98 Å². The van der Waals surface area contributed by atoms with E-state index >= 15 is 0 Å². The minimum Gasteiger partial charge on any atom is -0.455 e. The zero-order chi connectivity index (χ0) is 35.6. The number of hydrogen-bond donors (Lipinski definition) is 0. The van der Waals surface area contributed by atoms with Gasteiger partial charge in [-0.25, -0.2) is 4.98 Å². The van der Waals surface area contributed by atoms with Crippen LogP contribution in [-0.2, 0) is 0 Å². The smallest absolute Gasteiger partial charge is 0.227 e. The molecule has 11 aromatic rings. The van der Waals surface area contributed by atoms with E-state index in [9.17, 15) is 0 Å². The first-order valence-electron chi connectivity index (χ1n) is 18.0. The van der Waals surface area contributed by atoms with Gasteiger partial charge in [0.1, 0.15) is 16.7 Å². The van der Waals surface area contributed by atoms with Crippen molar-refractivity contribution in [1.29, 1.82) is 0 Å². The highest BCUT2D eigenvalue weighted by atomic mass is 32.1. The van der Waals surface area contributed by atoms with Crippen LogP contribution in [0.2, 0.25) is 0 Å². The van der Waals surface area contributed by atoms with Crippen LogP contribution in [0.25, 0.3) is 86.9 Å². The molecule has 4 nitrogen and oxygen atoms in total. The summed E-state index contributed by atoms with van der Waals surface area (Å²) in [6.07, 6.45) is 0. The van der Waals surface area contributed by atoms with Gasteiger partial charge in [0.15, 0.2) is 5.58 Å². The van der Waals surface area contributed by atoms with Crippen LogP contribution in [0.4, 0.5) is 17.1 Å². The van der Waals surface area contributed by atoms with Crippen molar-refractivity contribution in [2.75, 3.05) is 4.90 Å². The van der Waals surface area contributed by atoms with E-state index in [-0.39, 0.29) is 0 Å². The van der Waals surface area contributed by atoms with Gasteiger partial charge in [0, 0.05) is 48.7 Å². The van der Waals surface area contributed by atoms with Crippen molar-refractivity contribution in [2.45, 2.75) is 0 Å². The number of anilines is 3. The average molecular weight is 711 g/mol. The Morgan fingerprint density at radius 3 is 1.83 bits per heavy atom. The molecule has 0 saturated heterocycles. The molecule has 254 valence electrons. The van der Waals surface area contributed by atoms with Crippen molar-refractivity contribution in [3.8, 4) is 33.7 Å². The summed E-state index contributed by atoms with van der Waals surface area (Å²) < 4.78 is 15.4. The molecule has 0 saturated carbocycles. The molecule has 0 spiro atoms. The fourth-order valence-electron chi connectivity index (χ4n) is 7.75. The highest BCUT2D eigenvalue weighted by molar-refractivity contribution is 7.26.